The molecule has 0 radical (unpaired) electrons. The van der Waals surface area contributed by atoms with Gasteiger partial charge < -0.3 is 10.5 Å². The quantitative estimate of drug-likeness (QED) is 0.734. The van der Waals surface area contributed by atoms with Crippen molar-refractivity contribution < 1.29 is 22.7 Å². The highest BCUT2D eigenvalue weighted by molar-refractivity contribution is 6.09. The molecule has 1 aliphatic heterocycles. The standard InChI is InChI=1S/C23H24F3N3O2/c1-12(2)16-10-15(7-9-19(16)31-21(25)26)23(20(30)29(3)22(27)28-23)14-6-8-18(24)17(11-14)13-4-5-13/h6-13,21H,4-5H2,1-3H3,(H2,27,28). The molecule has 2 aromatic carbocycles. The van der Waals surface area contributed by atoms with Crippen molar-refractivity contribution in [2.75, 3.05) is 7.05 Å². The first-order valence-electron chi connectivity index (χ1n) is 10.2. The zero-order valence-corrected chi connectivity index (χ0v) is 17.5. The van der Waals surface area contributed by atoms with Gasteiger partial charge in [-0.15, -0.1) is 0 Å². The summed E-state index contributed by atoms with van der Waals surface area (Å²) in [7, 11) is 1.52. The Hall–Kier alpha value is -3.03. The van der Waals surface area contributed by atoms with Crippen molar-refractivity contribution in [3.8, 4) is 5.75 Å². The van der Waals surface area contributed by atoms with E-state index >= 15 is 0 Å². The van der Waals surface area contributed by atoms with Crippen LogP contribution >= 0.6 is 0 Å². The molecule has 31 heavy (non-hydrogen) atoms. The lowest BCUT2D eigenvalue weighted by Gasteiger charge is -2.28. The van der Waals surface area contributed by atoms with Gasteiger partial charge in [-0.1, -0.05) is 26.0 Å². The Morgan fingerprint density at radius 2 is 1.81 bits per heavy atom. The third-order valence-corrected chi connectivity index (χ3v) is 5.94. The van der Waals surface area contributed by atoms with Gasteiger partial charge in [-0.05, 0) is 71.2 Å². The van der Waals surface area contributed by atoms with Crippen LogP contribution in [0.4, 0.5) is 13.2 Å². The SMILES string of the molecule is CC(C)c1cc(C2(c3ccc(F)c(C4CC4)c3)N=C(N)N(C)C2=O)ccc1OC(F)F. The predicted molar refractivity (Wildman–Crippen MR) is 111 cm³/mol. The van der Waals surface area contributed by atoms with E-state index in [9.17, 15) is 18.0 Å². The van der Waals surface area contributed by atoms with E-state index in [0.29, 0.717) is 22.3 Å². The second kappa shape index (κ2) is 7.59. The summed E-state index contributed by atoms with van der Waals surface area (Å²) in [5.41, 5.74) is 6.50. The number of aliphatic imine (C=N–C) groups is 1. The number of carbonyl (C=O) groups excluding carboxylic acids is 1. The fourth-order valence-corrected chi connectivity index (χ4v) is 4.09. The maximum atomic E-state index is 14.4. The molecule has 8 heteroatoms. The molecule has 1 amide bonds. The van der Waals surface area contributed by atoms with Gasteiger partial charge in [-0.2, -0.15) is 8.78 Å². The number of benzene rings is 2. The van der Waals surface area contributed by atoms with Crippen LogP contribution in [0.2, 0.25) is 0 Å². The molecule has 5 nitrogen and oxygen atoms in total. The summed E-state index contributed by atoms with van der Waals surface area (Å²) < 4.78 is 44.8. The van der Waals surface area contributed by atoms with Gasteiger partial charge in [0.15, 0.2) is 11.5 Å². The lowest BCUT2D eigenvalue weighted by Crippen LogP contribution is -2.41. The van der Waals surface area contributed by atoms with Crippen LogP contribution in [0.15, 0.2) is 41.4 Å². The molecule has 0 bridgehead atoms. The number of carbonyl (C=O) groups is 1. The lowest BCUT2D eigenvalue weighted by atomic mass is 9.80. The van der Waals surface area contributed by atoms with E-state index in [1.165, 1.54) is 36.2 Å². The maximum absolute atomic E-state index is 14.4. The maximum Gasteiger partial charge on any atom is 0.387 e. The number of guanidine groups is 1. The minimum atomic E-state index is -2.97. The van der Waals surface area contributed by atoms with E-state index in [1.807, 2.05) is 13.8 Å². The molecule has 2 aromatic rings. The number of rotatable bonds is 6. The molecule has 1 unspecified atom stereocenters. The van der Waals surface area contributed by atoms with Gasteiger partial charge in [0.2, 0.25) is 0 Å². The monoisotopic (exact) mass is 431 g/mol. The van der Waals surface area contributed by atoms with Crippen LogP contribution < -0.4 is 10.5 Å². The van der Waals surface area contributed by atoms with Gasteiger partial charge in [-0.3, -0.25) is 9.69 Å². The number of hydrogen-bond acceptors (Lipinski definition) is 4. The summed E-state index contributed by atoms with van der Waals surface area (Å²) >= 11 is 0. The highest BCUT2D eigenvalue weighted by Crippen LogP contribution is 2.46. The summed E-state index contributed by atoms with van der Waals surface area (Å²) in [6.07, 6.45) is 1.79. The van der Waals surface area contributed by atoms with Crippen LogP contribution in [0.1, 0.15) is 60.8 Å². The number of nitrogens with zero attached hydrogens (tertiary/aromatic N) is 2. The van der Waals surface area contributed by atoms with Crippen LogP contribution in [0.3, 0.4) is 0 Å². The molecule has 1 saturated carbocycles. The van der Waals surface area contributed by atoms with E-state index in [1.54, 1.807) is 12.1 Å². The fraction of sp³-hybridized carbons (Fsp3) is 0.391. The normalized spacial score (nSPS) is 21.2. The molecule has 4 rings (SSSR count). The zero-order valence-electron chi connectivity index (χ0n) is 17.5. The van der Waals surface area contributed by atoms with E-state index in [2.05, 4.69) is 9.73 Å². The first kappa shape index (κ1) is 21.2. The number of halogens is 3. The fourth-order valence-electron chi connectivity index (χ4n) is 4.09. The van der Waals surface area contributed by atoms with Crippen molar-refractivity contribution in [2.45, 2.75) is 50.7 Å². The number of amides is 1. The van der Waals surface area contributed by atoms with Crippen LogP contribution in [-0.4, -0.2) is 30.4 Å². The second-order valence-electron chi connectivity index (χ2n) is 8.34. The van der Waals surface area contributed by atoms with Gasteiger partial charge in [0.05, 0.1) is 0 Å². The van der Waals surface area contributed by atoms with Crippen LogP contribution in [0.25, 0.3) is 0 Å². The van der Waals surface area contributed by atoms with Gasteiger partial charge in [0, 0.05) is 7.05 Å². The molecule has 0 saturated heterocycles. The topological polar surface area (TPSA) is 67.9 Å². The summed E-state index contributed by atoms with van der Waals surface area (Å²) in [5.74, 6) is -0.674. The third-order valence-electron chi connectivity index (χ3n) is 5.94. The second-order valence-corrected chi connectivity index (χ2v) is 8.34. The van der Waals surface area contributed by atoms with Crippen LogP contribution in [-0.2, 0) is 10.3 Å². The van der Waals surface area contributed by atoms with Crippen molar-refractivity contribution >= 4 is 11.9 Å². The van der Waals surface area contributed by atoms with E-state index in [0.717, 1.165) is 12.8 Å². The Bertz CT molecular complexity index is 1070. The lowest BCUT2D eigenvalue weighted by molar-refractivity contribution is -0.129. The molecule has 2 aliphatic rings. The third kappa shape index (κ3) is 3.54. The summed E-state index contributed by atoms with van der Waals surface area (Å²) in [6, 6.07) is 9.17. The largest absolute Gasteiger partial charge is 0.435 e. The smallest absolute Gasteiger partial charge is 0.387 e. The minimum absolute atomic E-state index is 0.0290. The highest BCUT2D eigenvalue weighted by Gasteiger charge is 2.50. The highest BCUT2D eigenvalue weighted by atomic mass is 19.3. The molecule has 164 valence electrons. The first-order valence-corrected chi connectivity index (χ1v) is 10.2. The summed E-state index contributed by atoms with van der Waals surface area (Å²) in [6.45, 7) is 0.712. The van der Waals surface area contributed by atoms with Gasteiger partial charge in [0.1, 0.15) is 11.6 Å². The summed E-state index contributed by atoms with van der Waals surface area (Å²) in [5, 5.41) is 0. The number of hydrogen-bond donors (Lipinski definition) is 1. The number of ether oxygens (including phenoxy) is 1. The van der Waals surface area contributed by atoms with Crippen molar-refractivity contribution in [3.63, 3.8) is 0 Å². The van der Waals surface area contributed by atoms with Crippen LogP contribution in [0.5, 0.6) is 5.75 Å². The molecular formula is C23H24F3N3O2. The Kier molecular flexibility index (Phi) is 5.19. The Labute approximate surface area is 178 Å². The van der Waals surface area contributed by atoms with Crippen molar-refractivity contribution in [1.82, 2.24) is 4.90 Å². The van der Waals surface area contributed by atoms with Gasteiger partial charge in [-0.25, -0.2) is 9.38 Å². The predicted octanol–water partition coefficient (Wildman–Crippen LogP) is 4.46. The molecule has 1 fully saturated rings. The number of nitrogens with two attached hydrogens (primary N) is 1. The Morgan fingerprint density at radius 1 is 1.16 bits per heavy atom. The van der Waals surface area contributed by atoms with Crippen molar-refractivity contribution in [3.05, 3.63) is 64.5 Å². The molecule has 1 aliphatic carbocycles. The Balaban J connectivity index is 1.93. The van der Waals surface area contributed by atoms with Gasteiger partial charge >= 0.3 is 6.61 Å². The number of likely N-dealkylation sites (N-methyl/N-ethyl adjacent to an activating group) is 1. The van der Waals surface area contributed by atoms with E-state index in [4.69, 9.17) is 5.73 Å². The van der Waals surface area contributed by atoms with Crippen LogP contribution in [0, 0.1) is 5.82 Å². The van der Waals surface area contributed by atoms with Crippen molar-refractivity contribution in [1.29, 1.82) is 0 Å². The zero-order chi connectivity index (χ0) is 22.5. The summed E-state index contributed by atoms with van der Waals surface area (Å²) in [4.78, 5) is 19.2. The minimum Gasteiger partial charge on any atom is -0.435 e. The van der Waals surface area contributed by atoms with E-state index in [-0.39, 0.29) is 29.4 Å². The molecule has 1 atom stereocenters. The average Bonchev–Trinajstić information content (AvgIpc) is 3.53. The molecular weight excluding hydrogens is 407 g/mol. The molecule has 0 aromatic heterocycles. The molecule has 1 heterocycles. The van der Waals surface area contributed by atoms with E-state index < -0.39 is 18.1 Å². The van der Waals surface area contributed by atoms with Crippen molar-refractivity contribution in [2.24, 2.45) is 10.7 Å². The molecule has 2 N–H and O–H groups in total. The number of alkyl halides is 2. The Morgan fingerprint density at radius 3 is 2.35 bits per heavy atom. The average molecular weight is 431 g/mol. The van der Waals surface area contributed by atoms with Gasteiger partial charge in [0.25, 0.3) is 5.91 Å². The molecule has 0 spiro atoms. The first-order chi connectivity index (χ1) is 14.6.